The van der Waals surface area contributed by atoms with Crippen LogP contribution in [0.4, 0.5) is 14.5 Å². The van der Waals surface area contributed by atoms with Gasteiger partial charge in [0.2, 0.25) is 0 Å². The van der Waals surface area contributed by atoms with Crippen molar-refractivity contribution in [2.45, 2.75) is 6.54 Å². The number of nitriles is 1. The molecule has 0 atom stereocenters. The van der Waals surface area contributed by atoms with E-state index in [0.717, 1.165) is 15.7 Å². The summed E-state index contributed by atoms with van der Waals surface area (Å²) in [7, 11) is 0. The molecule has 0 fully saturated rings. The van der Waals surface area contributed by atoms with Crippen molar-refractivity contribution in [2.24, 2.45) is 0 Å². The molecule has 0 aliphatic rings. The summed E-state index contributed by atoms with van der Waals surface area (Å²) < 4.78 is 28.4. The van der Waals surface area contributed by atoms with E-state index in [2.05, 4.69) is 27.9 Å². The molecule has 0 saturated heterocycles. The molecule has 20 heavy (non-hydrogen) atoms. The van der Waals surface area contributed by atoms with Gasteiger partial charge in [0.05, 0.1) is 22.3 Å². The van der Waals surface area contributed by atoms with Gasteiger partial charge in [-0.25, -0.2) is 8.78 Å². The Bertz CT molecular complexity index is 675. The van der Waals surface area contributed by atoms with Gasteiger partial charge < -0.3 is 5.32 Å². The van der Waals surface area contributed by atoms with Crippen molar-refractivity contribution < 1.29 is 8.78 Å². The molecule has 0 radical (unpaired) electrons. The molecule has 6 heteroatoms. The third-order valence-corrected chi connectivity index (χ3v) is 3.64. The number of nitrogens with one attached hydrogen (secondary N) is 1. The van der Waals surface area contributed by atoms with Crippen molar-refractivity contribution >= 4 is 39.9 Å². The van der Waals surface area contributed by atoms with E-state index in [1.807, 2.05) is 6.07 Å². The van der Waals surface area contributed by atoms with Gasteiger partial charge in [-0.1, -0.05) is 11.6 Å². The van der Waals surface area contributed by atoms with Gasteiger partial charge in [0, 0.05) is 15.7 Å². The standard InChI is InChI=1S/C14H8ClF2IN2/c15-11-5-9(18)1-2-14(11)20-7-10-12(16)3-8(6-19)4-13(10)17/h1-5,20H,7H2. The van der Waals surface area contributed by atoms with Crippen LogP contribution in [0.5, 0.6) is 0 Å². The highest BCUT2D eigenvalue weighted by Gasteiger charge is 2.11. The maximum Gasteiger partial charge on any atom is 0.132 e. The first kappa shape index (κ1) is 15.0. The van der Waals surface area contributed by atoms with E-state index in [1.165, 1.54) is 0 Å². The van der Waals surface area contributed by atoms with E-state index in [4.69, 9.17) is 16.9 Å². The van der Waals surface area contributed by atoms with E-state index in [0.29, 0.717) is 10.7 Å². The van der Waals surface area contributed by atoms with Crippen molar-refractivity contribution in [3.05, 3.63) is 61.7 Å². The fraction of sp³-hybridized carbons (Fsp3) is 0.0714. The van der Waals surface area contributed by atoms with E-state index < -0.39 is 11.6 Å². The van der Waals surface area contributed by atoms with Crippen LogP contribution >= 0.6 is 34.2 Å². The summed E-state index contributed by atoms with van der Waals surface area (Å²) in [6, 6.07) is 9.04. The maximum absolute atomic E-state index is 13.7. The summed E-state index contributed by atoms with van der Waals surface area (Å²) in [6.07, 6.45) is 0. The van der Waals surface area contributed by atoms with Gasteiger partial charge in [-0.3, -0.25) is 0 Å². The topological polar surface area (TPSA) is 35.8 Å². The average Bonchev–Trinajstić information content (AvgIpc) is 2.39. The lowest BCUT2D eigenvalue weighted by atomic mass is 10.1. The Kier molecular flexibility index (Phi) is 4.78. The molecule has 0 amide bonds. The molecule has 0 bridgehead atoms. The van der Waals surface area contributed by atoms with Gasteiger partial charge >= 0.3 is 0 Å². The lowest BCUT2D eigenvalue weighted by molar-refractivity contribution is 0.559. The molecule has 0 aliphatic carbocycles. The van der Waals surface area contributed by atoms with E-state index in [-0.39, 0.29) is 17.7 Å². The van der Waals surface area contributed by atoms with Crippen LogP contribution < -0.4 is 5.32 Å². The lowest BCUT2D eigenvalue weighted by Crippen LogP contribution is -2.05. The molecule has 0 unspecified atom stereocenters. The maximum atomic E-state index is 13.7. The van der Waals surface area contributed by atoms with Crippen molar-refractivity contribution in [3.8, 4) is 6.07 Å². The predicted octanol–water partition coefficient (Wildman–Crippen LogP) is 4.71. The van der Waals surface area contributed by atoms with Crippen LogP contribution in [-0.2, 0) is 6.54 Å². The van der Waals surface area contributed by atoms with Crippen molar-refractivity contribution in [1.29, 1.82) is 5.26 Å². The Labute approximate surface area is 133 Å². The van der Waals surface area contributed by atoms with Crippen molar-refractivity contribution in [2.75, 3.05) is 5.32 Å². The number of benzene rings is 2. The third-order valence-electron chi connectivity index (χ3n) is 2.66. The fourth-order valence-electron chi connectivity index (χ4n) is 1.65. The lowest BCUT2D eigenvalue weighted by Gasteiger charge is -2.10. The molecule has 0 saturated carbocycles. The molecular weight excluding hydrogens is 397 g/mol. The average molecular weight is 405 g/mol. The summed E-state index contributed by atoms with van der Waals surface area (Å²) in [4.78, 5) is 0. The van der Waals surface area contributed by atoms with Gasteiger partial charge in [-0.05, 0) is 52.9 Å². The molecule has 2 aromatic rings. The molecule has 0 heterocycles. The van der Waals surface area contributed by atoms with E-state index >= 15 is 0 Å². The van der Waals surface area contributed by atoms with Gasteiger partial charge in [-0.15, -0.1) is 0 Å². The number of anilines is 1. The molecule has 0 aromatic heterocycles. The molecule has 1 N–H and O–H groups in total. The quantitative estimate of drug-likeness (QED) is 0.752. The normalized spacial score (nSPS) is 10.2. The van der Waals surface area contributed by atoms with Gasteiger partial charge in [0.25, 0.3) is 0 Å². The number of nitrogens with zero attached hydrogens (tertiary/aromatic N) is 1. The minimum atomic E-state index is -0.754. The van der Waals surface area contributed by atoms with Crippen molar-refractivity contribution in [1.82, 2.24) is 0 Å². The van der Waals surface area contributed by atoms with Crippen LogP contribution in [0.1, 0.15) is 11.1 Å². The van der Waals surface area contributed by atoms with Gasteiger partial charge in [-0.2, -0.15) is 5.26 Å². The molecule has 102 valence electrons. The second-order valence-electron chi connectivity index (χ2n) is 4.01. The Morgan fingerprint density at radius 3 is 2.40 bits per heavy atom. The number of hydrogen-bond donors (Lipinski definition) is 1. The first-order chi connectivity index (χ1) is 9.51. The second kappa shape index (κ2) is 6.37. The Hall–Kier alpha value is -1.39. The zero-order valence-corrected chi connectivity index (χ0v) is 13.0. The number of halogens is 4. The molecule has 2 nitrogen and oxygen atoms in total. The third kappa shape index (κ3) is 3.38. The van der Waals surface area contributed by atoms with Crippen LogP contribution in [-0.4, -0.2) is 0 Å². The van der Waals surface area contributed by atoms with Crippen molar-refractivity contribution in [3.63, 3.8) is 0 Å². The number of hydrogen-bond acceptors (Lipinski definition) is 2. The highest BCUT2D eigenvalue weighted by atomic mass is 127. The van der Waals surface area contributed by atoms with Gasteiger partial charge in [0.1, 0.15) is 11.6 Å². The largest absolute Gasteiger partial charge is 0.380 e. The predicted molar refractivity (Wildman–Crippen MR) is 82.6 cm³/mol. The Morgan fingerprint density at radius 1 is 1.20 bits per heavy atom. The SMILES string of the molecule is N#Cc1cc(F)c(CNc2ccc(I)cc2Cl)c(F)c1. The monoisotopic (exact) mass is 404 g/mol. The fourth-order valence-corrected chi connectivity index (χ4v) is 2.58. The summed E-state index contributed by atoms with van der Waals surface area (Å²) >= 11 is 8.14. The molecule has 0 spiro atoms. The van der Waals surface area contributed by atoms with Crippen LogP contribution in [0.15, 0.2) is 30.3 Å². The Morgan fingerprint density at radius 2 is 1.85 bits per heavy atom. The van der Waals surface area contributed by atoms with Crippen LogP contribution in [0.3, 0.4) is 0 Å². The van der Waals surface area contributed by atoms with E-state index in [1.54, 1.807) is 18.2 Å². The molecule has 2 aromatic carbocycles. The summed E-state index contributed by atoms with van der Waals surface area (Å²) in [6.45, 7) is -0.0519. The Balaban J connectivity index is 2.21. The molecule has 2 rings (SSSR count). The molecular formula is C14H8ClF2IN2. The first-order valence-corrected chi connectivity index (χ1v) is 7.04. The second-order valence-corrected chi connectivity index (χ2v) is 5.66. The smallest absolute Gasteiger partial charge is 0.132 e. The highest BCUT2D eigenvalue weighted by molar-refractivity contribution is 14.1. The van der Waals surface area contributed by atoms with Gasteiger partial charge in [0.15, 0.2) is 0 Å². The van der Waals surface area contributed by atoms with Crippen LogP contribution in [0.25, 0.3) is 0 Å². The summed E-state index contributed by atoms with van der Waals surface area (Å²) in [5, 5.41) is 12.0. The molecule has 0 aliphatic heterocycles. The van der Waals surface area contributed by atoms with Crippen LogP contribution in [0, 0.1) is 26.5 Å². The summed E-state index contributed by atoms with van der Waals surface area (Å²) in [5.41, 5.74) is 0.421. The zero-order chi connectivity index (χ0) is 14.7. The summed E-state index contributed by atoms with van der Waals surface area (Å²) in [5.74, 6) is -1.51. The van der Waals surface area contributed by atoms with Crippen LogP contribution in [0.2, 0.25) is 5.02 Å². The zero-order valence-electron chi connectivity index (χ0n) is 10.1. The first-order valence-electron chi connectivity index (χ1n) is 5.58. The van der Waals surface area contributed by atoms with E-state index in [9.17, 15) is 8.78 Å². The highest BCUT2D eigenvalue weighted by Crippen LogP contribution is 2.25. The minimum Gasteiger partial charge on any atom is -0.380 e. The number of rotatable bonds is 3. The minimum absolute atomic E-state index is 0.0453.